The van der Waals surface area contributed by atoms with Crippen molar-refractivity contribution in [2.75, 3.05) is 0 Å². The van der Waals surface area contributed by atoms with Crippen molar-refractivity contribution < 1.29 is 0 Å². The van der Waals surface area contributed by atoms with Gasteiger partial charge >= 0.3 is 0 Å². The van der Waals surface area contributed by atoms with Crippen LogP contribution in [0.2, 0.25) is 0 Å². The molecule has 1 aliphatic rings. The zero-order chi connectivity index (χ0) is 12.2. The Morgan fingerprint density at radius 3 is 1.88 bits per heavy atom. The molecule has 96 valence electrons. The van der Waals surface area contributed by atoms with Gasteiger partial charge in [-0.1, -0.05) is 66.7 Å². The summed E-state index contributed by atoms with van der Waals surface area (Å²) in [5.74, 6) is 1.03. The monoisotopic (exact) mass is 224 g/mol. The molecule has 0 unspecified atom stereocenters. The Kier molecular flexibility index (Phi) is 4.88. The molecular formula is C16H32. The Hall–Kier alpha value is 0. The van der Waals surface area contributed by atoms with Gasteiger partial charge in [-0.3, -0.25) is 0 Å². The lowest BCUT2D eigenvalue weighted by Crippen LogP contribution is -2.21. The summed E-state index contributed by atoms with van der Waals surface area (Å²) in [6, 6.07) is 0. The molecule has 0 nitrogen and oxygen atoms in total. The van der Waals surface area contributed by atoms with Gasteiger partial charge in [0.2, 0.25) is 0 Å². The van der Waals surface area contributed by atoms with Crippen LogP contribution >= 0.6 is 0 Å². The molecule has 1 aliphatic carbocycles. The lowest BCUT2D eigenvalue weighted by atomic mass is 9.72. The van der Waals surface area contributed by atoms with E-state index in [-0.39, 0.29) is 0 Å². The van der Waals surface area contributed by atoms with Crippen LogP contribution in [0.1, 0.15) is 86.0 Å². The first-order chi connectivity index (χ1) is 7.29. The number of rotatable bonds is 4. The van der Waals surface area contributed by atoms with Crippen molar-refractivity contribution in [3.63, 3.8) is 0 Å². The van der Waals surface area contributed by atoms with Gasteiger partial charge in [-0.2, -0.15) is 0 Å². The molecule has 0 atom stereocenters. The van der Waals surface area contributed by atoms with Crippen LogP contribution < -0.4 is 0 Å². The molecule has 0 heterocycles. The summed E-state index contributed by atoms with van der Waals surface area (Å²) in [6.07, 6.45) is 11.7. The van der Waals surface area contributed by atoms with Crippen LogP contribution in [-0.2, 0) is 0 Å². The highest BCUT2D eigenvalue weighted by Crippen LogP contribution is 2.39. The highest BCUT2D eigenvalue weighted by Gasteiger charge is 2.26. The second kappa shape index (κ2) is 5.56. The van der Waals surface area contributed by atoms with Gasteiger partial charge in [0.25, 0.3) is 0 Å². The van der Waals surface area contributed by atoms with Crippen molar-refractivity contribution in [3.8, 4) is 0 Å². The highest BCUT2D eigenvalue weighted by molar-refractivity contribution is 4.78. The second-order valence-corrected chi connectivity index (χ2v) is 7.93. The van der Waals surface area contributed by atoms with Gasteiger partial charge in [0.05, 0.1) is 0 Å². The first-order valence-electron chi connectivity index (χ1n) is 7.29. The van der Waals surface area contributed by atoms with Crippen molar-refractivity contribution in [1.29, 1.82) is 0 Å². The molecule has 1 rings (SSSR count). The van der Waals surface area contributed by atoms with Crippen LogP contribution in [0.5, 0.6) is 0 Å². The SMILES string of the molecule is CC(C)(C)CCC(C)(C)CC1CCCCC1. The Balaban J connectivity index is 2.32. The molecule has 0 N–H and O–H groups in total. The van der Waals surface area contributed by atoms with Gasteiger partial charge in [-0.05, 0) is 36.0 Å². The summed E-state index contributed by atoms with van der Waals surface area (Å²) in [4.78, 5) is 0. The summed E-state index contributed by atoms with van der Waals surface area (Å²) in [7, 11) is 0. The largest absolute Gasteiger partial charge is 0.0602 e. The molecule has 1 saturated carbocycles. The van der Waals surface area contributed by atoms with Gasteiger partial charge in [0.15, 0.2) is 0 Å². The normalized spacial score (nSPS) is 20.1. The minimum absolute atomic E-state index is 0.504. The molecule has 0 aromatic heterocycles. The smallest absolute Gasteiger partial charge is 0.0351 e. The fraction of sp³-hybridized carbons (Fsp3) is 1.00. The summed E-state index contributed by atoms with van der Waals surface area (Å²) in [5.41, 5.74) is 1.07. The molecule has 0 aliphatic heterocycles. The third-order valence-electron chi connectivity index (χ3n) is 4.12. The van der Waals surface area contributed by atoms with Gasteiger partial charge in [0, 0.05) is 0 Å². The minimum Gasteiger partial charge on any atom is -0.0602 e. The lowest BCUT2D eigenvalue weighted by molar-refractivity contribution is 0.183. The van der Waals surface area contributed by atoms with Crippen LogP contribution in [-0.4, -0.2) is 0 Å². The molecule has 0 amide bonds. The van der Waals surface area contributed by atoms with Crippen LogP contribution in [0.15, 0.2) is 0 Å². The molecule has 0 radical (unpaired) electrons. The van der Waals surface area contributed by atoms with Crippen molar-refractivity contribution in [1.82, 2.24) is 0 Å². The van der Waals surface area contributed by atoms with Crippen LogP contribution in [0.4, 0.5) is 0 Å². The quantitative estimate of drug-likeness (QED) is 0.565. The van der Waals surface area contributed by atoms with Crippen LogP contribution in [0, 0.1) is 16.7 Å². The predicted molar refractivity (Wildman–Crippen MR) is 73.7 cm³/mol. The highest BCUT2D eigenvalue weighted by atomic mass is 14.3. The maximum absolute atomic E-state index is 2.48. The predicted octanol–water partition coefficient (Wildman–Crippen LogP) is 5.81. The topological polar surface area (TPSA) is 0 Å². The maximum Gasteiger partial charge on any atom is -0.0351 e. The van der Waals surface area contributed by atoms with E-state index in [1.54, 1.807) is 0 Å². The Morgan fingerprint density at radius 2 is 1.38 bits per heavy atom. The maximum atomic E-state index is 2.48. The Labute approximate surface area is 103 Å². The molecule has 16 heavy (non-hydrogen) atoms. The van der Waals surface area contributed by atoms with E-state index in [1.807, 2.05) is 0 Å². The summed E-state index contributed by atoms with van der Waals surface area (Å²) in [6.45, 7) is 12.1. The first kappa shape index (κ1) is 14.1. The Morgan fingerprint density at radius 1 is 0.812 bits per heavy atom. The molecule has 0 spiro atoms. The second-order valence-electron chi connectivity index (χ2n) is 7.93. The van der Waals surface area contributed by atoms with E-state index in [0.717, 1.165) is 5.92 Å². The first-order valence-corrected chi connectivity index (χ1v) is 7.29. The van der Waals surface area contributed by atoms with E-state index in [2.05, 4.69) is 34.6 Å². The van der Waals surface area contributed by atoms with Crippen molar-refractivity contribution in [2.45, 2.75) is 86.0 Å². The number of hydrogen-bond donors (Lipinski definition) is 0. The third-order valence-corrected chi connectivity index (χ3v) is 4.12. The van der Waals surface area contributed by atoms with E-state index in [9.17, 15) is 0 Å². The van der Waals surface area contributed by atoms with Crippen molar-refractivity contribution in [2.24, 2.45) is 16.7 Å². The molecule has 0 aromatic rings. The zero-order valence-electron chi connectivity index (χ0n) is 12.2. The van der Waals surface area contributed by atoms with E-state index in [1.165, 1.54) is 51.4 Å². The van der Waals surface area contributed by atoms with Crippen molar-refractivity contribution >= 4 is 0 Å². The average molecular weight is 224 g/mol. The van der Waals surface area contributed by atoms with Gasteiger partial charge < -0.3 is 0 Å². The summed E-state index contributed by atoms with van der Waals surface area (Å²) < 4.78 is 0. The average Bonchev–Trinajstić information content (AvgIpc) is 2.15. The lowest BCUT2D eigenvalue weighted by Gasteiger charge is -2.34. The Bertz CT molecular complexity index is 189. The number of hydrogen-bond acceptors (Lipinski definition) is 0. The zero-order valence-corrected chi connectivity index (χ0v) is 12.2. The third kappa shape index (κ3) is 5.92. The minimum atomic E-state index is 0.504. The molecule has 1 fully saturated rings. The van der Waals surface area contributed by atoms with Gasteiger partial charge in [-0.15, -0.1) is 0 Å². The standard InChI is InChI=1S/C16H32/c1-15(2,3)11-12-16(4,5)13-14-9-7-6-8-10-14/h14H,6-13H2,1-5H3. The molecule has 0 aromatic carbocycles. The van der Waals surface area contributed by atoms with E-state index in [4.69, 9.17) is 0 Å². The van der Waals surface area contributed by atoms with Crippen LogP contribution in [0.25, 0.3) is 0 Å². The molecule has 0 saturated heterocycles. The summed E-state index contributed by atoms with van der Waals surface area (Å²) in [5, 5.41) is 0. The molecule has 0 heteroatoms. The van der Waals surface area contributed by atoms with E-state index >= 15 is 0 Å². The summed E-state index contributed by atoms with van der Waals surface area (Å²) >= 11 is 0. The van der Waals surface area contributed by atoms with E-state index in [0.29, 0.717) is 10.8 Å². The fourth-order valence-electron chi connectivity index (χ4n) is 2.99. The van der Waals surface area contributed by atoms with E-state index < -0.39 is 0 Å². The fourth-order valence-corrected chi connectivity index (χ4v) is 2.99. The van der Waals surface area contributed by atoms with Crippen LogP contribution in [0.3, 0.4) is 0 Å². The molecule has 0 bridgehead atoms. The molecular weight excluding hydrogens is 192 g/mol. The van der Waals surface area contributed by atoms with Gasteiger partial charge in [-0.25, -0.2) is 0 Å². The van der Waals surface area contributed by atoms with Gasteiger partial charge in [0.1, 0.15) is 0 Å². The van der Waals surface area contributed by atoms with Crippen molar-refractivity contribution in [3.05, 3.63) is 0 Å².